The molecule has 9 heteroatoms. The predicted octanol–water partition coefficient (Wildman–Crippen LogP) is -0.559. The molecule has 0 saturated carbocycles. The first-order valence-electron chi connectivity index (χ1n) is 7.86. The number of nitriles is 1. The molecule has 1 atom stereocenters. The molecule has 0 radical (unpaired) electrons. The summed E-state index contributed by atoms with van der Waals surface area (Å²) in [6, 6.07) is 1.95. The van der Waals surface area contributed by atoms with Gasteiger partial charge in [0.15, 0.2) is 5.56 Å². The molecule has 3 rings (SSSR count). The van der Waals surface area contributed by atoms with Gasteiger partial charge in [-0.3, -0.25) is 18.6 Å². The number of morpholine rings is 1. The van der Waals surface area contributed by atoms with Crippen LogP contribution in [0.25, 0.3) is 0 Å². The van der Waals surface area contributed by atoms with Crippen LogP contribution in [0, 0.1) is 11.3 Å². The van der Waals surface area contributed by atoms with E-state index in [0.717, 1.165) is 10.1 Å². The van der Waals surface area contributed by atoms with Gasteiger partial charge in [-0.05, 0) is 6.92 Å². The molecule has 0 amide bonds. The third-order valence-corrected chi connectivity index (χ3v) is 4.63. The minimum absolute atomic E-state index is 0.0416. The Balaban J connectivity index is 2.10. The molecule has 1 aliphatic rings. The van der Waals surface area contributed by atoms with Gasteiger partial charge in [0.1, 0.15) is 17.5 Å². The van der Waals surface area contributed by atoms with Crippen molar-refractivity contribution in [3.8, 4) is 6.07 Å². The standard InChI is InChI=1S/C16H20N6O3/c1-16(11-8-18-19(2)9-11)10-22(5-6-25-16)13-12(7-17)14(23)21(4)15(24)20(13)3/h8-9H,5-6,10H2,1-4H3. The fraction of sp³-hybridized carbons (Fsp3) is 0.500. The molecule has 0 bridgehead atoms. The number of anilines is 1. The lowest BCUT2D eigenvalue weighted by atomic mass is 9.96. The summed E-state index contributed by atoms with van der Waals surface area (Å²) in [5, 5.41) is 13.7. The van der Waals surface area contributed by atoms with Gasteiger partial charge in [0.2, 0.25) is 0 Å². The SMILES string of the molecule is Cn1cc(C2(C)CN(c3c(C#N)c(=O)n(C)c(=O)n3C)CCO2)cn1. The Morgan fingerprint density at radius 3 is 2.60 bits per heavy atom. The highest BCUT2D eigenvalue weighted by molar-refractivity contribution is 5.54. The quantitative estimate of drug-likeness (QED) is 0.724. The van der Waals surface area contributed by atoms with Crippen LogP contribution in [0.2, 0.25) is 0 Å². The summed E-state index contributed by atoms with van der Waals surface area (Å²) in [6.07, 6.45) is 3.61. The Labute approximate surface area is 144 Å². The highest BCUT2D eigenvalue weighted by Crippen LogP contribution is 2.31. The van der Waals surface area contributed by atoms with Crippen LogP contribution in [-0.4, -0.2) is 38.6 Å². The second-order valence-electron chi connectivity index (χ2n) is 6.42. The lowest BCUT2D eigenvalue weighted by Crippen LogP contribution is -2.51. The number of ether oxygens (including phenoxy) is 1. The maximum absolute atomic E-state index is 12.3. The number of hydrogen-bond acceptors (Lipinski definition) is 6. The average Bonchev–Trinajstić information content (AvgIpc) is 3.03. The third-order valence-electron chi connectivity index (χ3n) is 4.63. The third kappa shape index (κ3) is 2.64. The number of nitrogens with zero attached hydrogens (tertiary/aromatic N) is 6. The highest BCUT2D eigenvalue weighted by Gasteiger charge is 2.37. The molecule has 2 aromatic rings. The van der Waals surface area contributed by atoms with Crippen LogP contribution in [-0.2, 0) is 31.5 Å². The normalized spacial score (nSPS) is 20.5. The van der Waals surface area contributed by atoms with Crippen molar-refractivity contribution in [2.24, 2.45) is 21.1 Å². The zero-order chi connectivity index (χ0) is 18.4. The van der Waals surface area contributed by atoms with Crippen molar-refractivity contribution in [2.75, 3.05) is 24.6 Å². The Hall–Kier alpha value is -2.86. The summed E-state index contributed by atoms with van der Waals surface area (Å²) in [7, 11) is 4.76. The predicted molar refractivity (Wildman–Crippen MR) is 90.4 cm³/mol. The minimum Gasteiger partial charge on any atom is -0.367 e. The molecule has 0 spiro atoms. The van der Waals surface area contributed by atoms with Crippen molar-refractivity contribution in [3.63, 3.8) is 0 Å². The van der Waals surface area contributed by atoms with E-state index in [2.05, 4.69) is 5.10 Å². The zero-order valence-electron chi connectivity index (χ0n) is 14.7. The van der Waals surface area contributed by atoms with Gasteiger partial charge in [-0.1, -0.05) is 0 Å². The van der Waals surface area contributed by atoms with Crippen LogP contribution >= 0.6 is 0 Å². The summed E-state index contributed by atoms with van der Waals surface area (Å²) < 4.78 is 9.95. The Bertz CT molecular complexity index is 979. The monoisotopic (exact) mass is 344 g/mol. The number of rotatable bonds is 2. The summed E-state index contributed by atoms with van der Waals surface area (Å²) >= 11 is 0. The van der Waals surface area contributed by atoms with E-state index in [-0.39, 0.29) is 5.56 Å². The summed E-state index contributed by atoms with van der Waals surface area (Å²) in [4.78, 5) is 26.5. The van der Waals surface area contributed by atoms with Crippen molar-refractivity contribution in [1.29, 1.82) is 5.26 Å². The van der Waals surface area contributed by atoms with E-state index < -0.39 is 16.9 Å². The maximum atomic E-state index is 12.3. The second kappa shape index (κ2) is 5.89. The highest BCUT2D eigenvalue weighted by atomic mass is 16.5. The molecule has 0 aliphatic carbocycles. The van der Waals surface area contributed by atoms with Crippen molar-refractivity contribution >= 4 is 5.82 Å². The van der Waals surface area contributed by atoms with Gasteiger partial charge in [-0.15, -0.1) is 0 Å². The fourth-order valence-corrected chi connectivity index (χ4v) is 3.22. The largest absolute Gasteiger partial charge is 0.367 e. The van der Waals surface area contributed by atoms with Crippen LogP contribution in [0.5, 0.6) is 0 Å². The molecule has 3 heterocycles. The zero-order valence-corrected chi connectivity index (χ0v) is 14.7. The number of aryl methyl sites for hydroxylation is 1. The molecule has 1 saturated heterocycles. The van der Waals surface area contributed by atoms with E-state index in [1.807, 2.05) is 31.1 Å². The molecular weight excluding hydrogens is 324 g/mol. The molecule has 132 valence electrons. The van der Waals surface area contributed by atoms with Gasteiger partial charge in [-0.2, -0.15) is 10.4 Å². The number of aromatic nitrogens is 4. The molecule has 2 aromatic heterocycles. The van der Waals surface area contributed by atoms with Crippen LogP contribution in [0.15, 0.2) is 22.0 Å². The molecule has 0 aromatic carbocycles. The average molecular weight is 344 g/mol. The van der Waals surface area contributed by atoms with E-state index in [1.165, 1.54) is 11.6 Å². The van der Waals surface area contributed by atoms with E-state index in [9.17, 15) is 14.9 Å². The number of hydrogen-bond donors (Lipinski definition) is 0. The van der Waals surface area contributed by atoms with Gasteiger partial charge in [0.25, 0.3) is 5.56 Å². The first kappa shape index (κ1) is 17.0. The Morgan fingerprint density at radius 2 is 2.00 bits per heavy atom. The van der Waals surface area contributed by atoms with E-state index in [1.54, 1.807) is 17.9 Å². The topological polar surface area (TPSA) is 98.1 Å². The van der Waals surface area contributed by atoms with Crippen molar-refractivity contribution in [3.05, 3.63) is 44.4 Å². The minimum atomic E-state index is -0.656. The smallest absolute Gasteiger partial charge is 0.332 e. The molecule has 25 heavy (non-hydrogen) atoms. The lowest BCUT2D eigenvalue weighted by Gasteiger charge is -2.41. The van der Waals surface area contributed by atoms with Gasteiger partial charge in [-0.25, -0.2) is 4.79 Å². The van der Waals surface area contributed by atoms with Crippen LogP contribution in [0.3, 0.4) is 0 Å². The van der Waals surface area contributed by atoms with Crippen molar-refractivity contribution in [1.82, 2.24) is 18.9 Å². The fourth-order valence-electron chi connectivity index (χ4n) is 3.22. The molecule has 1 fully saturated rings. The molecule has 1 aliphatic heterocycles. The van der Waals surface area contributed by atoms with Crippen LogP contribution in [0.4, 0.5) is 5.82 Å². The van der Waals surface area contributed by atoms with Crippen LogP contribution < -0.4 is 16.1 Å². The molecule has 0 N–H and O–H groups in total. The van der Waals surface area contributed by atoms with Crippen LogP contribution in [0.1, 0.15) is 18.1 Å². The van der Waals surface area contributed by atoms with Gasteiger partial charge in [0.05, 0.1) is 19.3 Å². The van der Waals surface area contributed by atoms with Gasteiger partial charge < -0.3 is 9.64 Å². The summed E-state index contributed by atoms with van der Waals surface area (Å²) in [5.41, 5.74) is -0.855. The summed E-state index contributed by atoms with van der Waals surface area (Å²) in [5.74, 6) is 0.328. The molecular formula is C16H20N6O3. The van der Waals surface area contributed by atoms with Gasteiger partial charge >= 0.3 is 5.69 Å². The lowest BCUT2D eigenvalue weighted by molar-refractivity contribution is -0.0470. The molecule has 9 nitrogen and oxygen atoms in total. The first-order valence-corrected chi connectivity index (χ1v) is 7.86. The molecule has 1 unspecified atom stereocenters. The Kier molecular flexibility index (Phi) is 4.00. The van der Waals surface area contributed by atoms with E-state index >= 15 is 0 Å². The van der Waals surface area contributed by atoms with E-state index in [0.29, 0.717) is 25.5 Å². The summed E-state index contributed by atoms with van der Waals surface area (Å²) in [6.45, 7) is 3.21. The maximum Gasteiger partial charge on any atom is 0.332 e. The van der Waals surface area contributed by atoms with Gasteiger partial charge in [0, 0.05) is 39.4 Å². The van der Waals surface area contributed by atoms with Crippen molar-refractivity contribution in [2.45, 2.75) is 12.5 Å². The second-order valence-corrected chi connectivity index (χ2v) is 6.42. The van der Waals surface area contributed by atoms with E-state index in [4.69, 9.17) is 4.74 Å². The Morgan fingerprint density at radius 1 is 1.28 bits per heavy atom. The first-order chi connectivity index (χ1) is 11.8. The van der Waals surface area contributed by atoms with Crippen molar-refractivity contribution < 1.29 is 4.74 Å².